The van der Waals surface area contributed by atoms with Crippen LogP contribution in [0.15, 0.2) is 23.3 Å². The first kappa shape index (κ1) is 28.1. The number of hydrogen-bond acceptors (Lipinski definition) is 5. The molecular formula is C28H39F5N6O. The molecule has 3 unspecified atom stereocenters. The van der Waals surface area contributed by atoms with E-state index in [2.05, 4.69) is 22.8 Å². The Balaban J connectivity index is 1.31. The van der Waals surface area contributed by atoms with Crippen LogP contribution in [-0.4, -0.2) is 57.7 Å². The molecule has 7 nitrogen and oxygen atoms in total. The lowest BCUT2D eigenvalue weighted by Crippen LogP contribution is -2.50. The molecule has 2 aromatic rings. The minimum Gasteiger partial charge on any atom is -0.295 e. The zero-order valence-electron chi connectivity index (χ0n) is 22.9. The molecule has 2 aliphatic heterocycles. The first-order valence-corrected chi connectivity index (χ1v) is 14.6. The van der Waals surface area contributed by atoms with Crippen molar-refractivity contribution < 1.29 is 22.0 Å². The van der Waals surface area contributed by atoms with Gasteiger partial charge in [-0.05, 0) is 68.7 Å². The van der Waals surface area contributed by atoms with Crippen LogP contribution in [0.4, 0.5) is 22.0 Å². The third-order valence-electron chi connectivity index (χ3n) is 9.77. The van der Waals surface area contributed by atoms with E-state index in [1.165, 1.54) is 41.1 Å². The molecular weight excluding hydrogens is 531 g/mol. The lowest BCUT2D eigenvalue weighted by atomic mass is 9.65. The zero-order chi connectivity index (χ0) is 28.2. The molecule has 2 aromatic heterocycles. The van der Waals surface area contributed by atoms with E-state index in [0.29, 0.717) is 24.3 Å². The van der Waals surface area contributed by atoms with Gasteiger partial charge in [0.05, 0.1) is 30.5 Å². The average molecular weight is 571 g/mol. The topological polar surface area (TPSA) is 56.9 Å². The van der Waals surface area contributed by atoms with Crippen molar-refractivity contribution in [3.63, 3.8) is 0 Å². The van der Waals surface area contributed by atoms with E-state index in [0.717, 1.165) is 42.8 Å². The smallest absolute Gasteiger partial charge is 0.295 e. The second-order valence-corrected chi connectivity index (χ2v) is 12.5. The number of imidazole rings is 1. The standard InChI is InChI=1S/C28H39F5N6O/c1-36-17-34-35-25(36)24(19-5-2-6-19)20-7-3-8-21(12-20)38-15-23-22(28(31,32)33)11-18(14-39(23)26(38)40)13-37-10-4-9-27(29,30)16-37/h11,14-15,19-21,24-25,34-35H,2-10,12-13,16-17H2,1H3/t20?,21?,24-,25?/m1/s1. The Kier molecular flexibility index (Phi) is 7.50. The van der Waals surface area contributed by atoms with Crippen molar-refractivity contribution in [2.24, 2.45) is 17.8 Å². The maximum atomic E-state index is 14.2. The maximum absolute atomic E-state index is 14.2. The number of nitrogens with zero attached hydrogens (tertiary/aromatic N) is 4. The van der Waals surface area contributed by atoms with Gasteiger partial charge in [-0.1, -0.05) is 25.7 Å². The van der Waals surface area contributed by atoms with Crippen LogP contribution in [0.1, 0.15) is 75.0 Å². The molecule has 2 saturated carbocycles. The second kappa shape index (κ2) is 10.7. The summed E-state index contributed by atoms with van der Waals surface area (Å²) in [5, 5.41) is 0. The summed E-state index contributed by atoms with van der Waals surface area (Å²) >= 11 is 0. The van der Waals surface area contributed by atoms with Crippen molar-refractivity contribution in [3.8, 4) is 0 Å². The van der Waals surface area contributed by atoms with Crippen LogP contribution in [0, 0.1) is 17.8 Å². The van der Waals surface area contributed by atoms with Crippen molar-refractivity contribution in [1.29, 1.82) is 0 Å². The molecule has 2 aliphatic carbocycles. The Morgan fingerprint density at radius 3 is 2.48 bits per heavy atom. The van der Waals surface area contributed by atoms with Gasteiger partial charge in [0.15, 0.2) is 0 Å². The summed E-state index contributed by atoms with van der Waals surface area (Å²) in [5.41, 5.74) is 5.33. The van der Waals surface area contributed by atoms with Gasteiger partial charge >= 0.3 is 11.9 Å². The molecule has 40 heavy (non-hydrogen) atoms. The van der Waals surface area contributed by atoms with E-state index in [-0.39, 0.29) is 42.7 Å². The van der Waals surface area contributed by atoms with Gasteiger partial charge in [-0.15, -0.1) is 0 Å². The molecule has 6 rings (SSSR count). The first-order chi connectivity index (χ1) is 19.0. The summed E-state index contributed by atoms with van der Waals surface area (Å²) < 4.78 is 73.1. The van der Waals surface area contributed by atoms with Crippen molar-refractivity contribution in [3.05, 3.63) is 40.1 Å². The number of fused-ring (bicyclic) bond motifs is 1. The molecule has 2 saturated heterocycles. The lowest BCUT2D eigenvalue weighted by Gasteiger charge is -2.46. The Morgan fingerprint density at radius 2 is 1.82 bits per heavy atom. The quantitative estimate of drug-likeness (QED) is 0.488. The summed E-state index contributed by atoms with van der Waals surface area (Å²) in [7, 11) is 2.09. The van der Waals surface area contributed by atoms with E-state index in [1.807, 2.05) is 0 Å². The van der Waals surface area contributed by atoms with Crippen molar-refractivity contribution >= 4 is 5.52 Å². The highest BCUT2D eigenvalue weighted by Crippen LogP contribution is 2.47. The number of likely N-dealkylation sites (tertiary alicyclic amines) is 1. The second-order valence-electron chi connectivity index (χ2n) is 12.5. The van der Waals surface area contributed by atoms with Gasteiger partial charge in [0.1, 0.15) is 0 Å². The van der Waals surface area contributed by atoms with Crippen LogP contribution in [0.25, 0.3) is 5.52 Å². The van der Waals surface area contributed by atoms with E-state index in [1.54, 1.807) is 0 Å². The van der Waals surface area contributed by atoms with Gasteiger partial charge in [0.2, 0.25) is 0 Å². The number of hydrogen-bond donors (Lipinski definition) is 2. The van der Waals surface area contributed by atoms with Crippen LogP contribution in [-0.2, 0) is 12.7 Å². The normalized spacial score (nSPS) is 29.6. The number of halogens is 5. The van der Waals surface area contributed by atoms with Crippen LogP contribution in [0.2, 0.25) is 0 Å². The fraction of sp³-hybridized carbons (Fsp3) is 0.750. The highest BCUT2D eigenvalue weighted by molar-refractivity contribution is 5.56. The van der Waals surface area contributed by atoms with Crippen LogP contribution < -0.4 is 16.5 Å². The predicted molar refractivity (Wildman–Crippen MR) is 141 cm³/mol. The molecule has 0 radical (unpaired) electrons. The Bertz CT molecular complexity index is 1270. The van der Waals surface area contributed by atoms with Gasteiger partial charge in [-0.3, -0.25) is 18.8 Å². The number of rotatable bonds is 6. The third-order valence-corrected chi connectivity index (χ3v) is 9.77. The third kappa shape index (κ3) is 5.44. The monoisotopic (exact) mass is 570 g/mol. The molecule has 222 valence electrons. The number of hydrazine groups is 1. The summed E-state index contributed by atoms with van der Waals surface area (Å²) in [6.07, 6.45) is 5.43. The molecule has 4 atom stereocenters. The average Bonchev–Trinajstić information content (AvgIpc) is 3.42. The minimum atomic E-state index is -4.68. The molecule has 0 bridgehead atoms. The van der Waals surface area contributed by atoms with Gasteiger partial charge in [-0.2, -0.15) is 13.2 Å². The molecule has 4 aliphatic rings. The lowest BCUT2D eigenvalue weighted by molar-refractivity contribution is -0.136. The van der Waals surface area contributed by atoms with Crippen molar-refractivity contribution in [1.82, 2.24) is 29.6 Å². The van der Waals surface area contributed by atoms with Crippen molar-refractivity contribution in [2.75, 3.05) is 26.8 Å². The minimum absolute atomic E-state index is 0.0588. The molecule has 0 spiro atoms. The summed E-state index contributed by atoms with van der Waals surface area (Å²) in [6, 6.07) is 0.843. The van der Waals surface area contributed by atoms with Gasteiger partial charge < -0.3 is 0 Å². The van der Waals surface area contributed by atoms with Gasteiger partial charge in [0.25, 0.3) is 5.92 Å². The Morgan fingerprint density at radius 1 is 1.07 bits per heavy atom. The molecule has 12 heteroatoms. The van der Waals surface area contributed by atoms with E-state index < -0.39 is 29.9 Å². The van der Waals surface area contributed by atoms with E-state index >= 15 is 0 Å². The van der Waals surface area contributed by atoms with Crippen LogP contribution in [0.5, 0.6) is 0 Å². The molecule has 2 N–H and O–H groups in total. The van der Waals surface area contributed by atoms with E-state index in [9.17, 15) is 26.7 Å². The highest BCUT2D eigenvalue weighted by Gasteiger charge is 2.44. The number of nitrogens with one attached hydrogen (secondary N) is 2. The molecule has 4 fully saturated rings. The fourth-order valence-corrected chi connectivity index (χ4v) is 7.68. The largest absolute Gasteiger partial charge is 0.418 e. The number of alkyl halides is 5. The molecule has 0 amide bonds. The molecule has 4 heterocycles. The Labute approximate surface area is 230 Å². The van der Waals surface area contributed by atoms with Crippen molar-refractivity contribution in [2.45, 2.75) is 88.6 Å². The summed E-state index contributed by atoms with van der Waals surface area (Å²) in [4.78, 5) is 17.4. The number of aromatic nitrogens is 2. The SMILES string of the molecule is CN1CNNC1[C@H](C1CCC1)C1CCCC(n2cc3c(C(F)(F)F)cc(CN4CCCC(F)(F)C4)cn3c2=O)C1. The number of pyridine rings is 1. The zero-order valence-corrected chi connectivity index (χ0v) is 22.9. The maximum Gasteiger partial charge on any atom is 0.418 e. The summed E-state index contributed by atoms with van der Waals surface area (Å²) in [6.45, 7) is 0.592. The fourth-order valence-electron chi connectivity index (χ4n) is 7.68. The van der Waals surface area contributed by atoms with Crippen LogP contribution >= 0.6 is 0 Å². The first-order valence-electron chi connectivity index (χ1n) is 14.6. The van der Waals surface area contributed by atoms with E-state index in [4.69, 9.17) is 0 Å². The highest BCUT2D eigenvalue weighted by atomic mass is 19.4. The number of piperidine rings is 1. The van der Waals surface area contributed by atoms with Gasteiger partial charge in [-0.25, -0.2) is 24.4 Å². The summed E-state index contributed by atoms with van der Waals surface area (Å²) in [5.74, 6) is -1.49. The predicted octanol–water partition coefficient (Wildman–Crippen LogP) is 4.82. The van der Waals surface area contributed by atoms with Crippen LogP contribution in [0.3, 0.4) is 0 Å². The Hall–Kier alpha value is -2.02. The molecule has 0 aromatic carbocycles. The van der Waals surface area contributed by atoms with Gasteiger partial charge in [0, 0.05) is 31.4 Å².